The largest absolute Gasteiger partial charge is 0.494 e. The van der Waals surface area contributed by atoms with Crippen molar-refractivity contribution in [3.05, 3.63) is 45.8 Å². The number of carbonyl (C=O) groups is 3. The number of carbonyl (C=O) groups excluding carboxylic acids is 2. The van der Waals surface area contributed by atoms with Crippen LogP contribution in [0.15, 0.2) is 24.3 Å². The van der Waals surface area contributed by atoms with Crippen molar-refractivity contribution in [1.29, 1.82) is 5.26 Å². The molecule has 9 nitrogen and oxygen atoms in total. The minimum atomic E-state index is -1.23. The Balaban J connectivity index is 1.69. The van der Waals surface area contributed by atoms with E-state index in [0.717, 1.165) is 21.8 Å². The standard InChI is InChI=1S/C23H25N3O6S/c1-3-31-18-7-5-4-6-15(18)14(2)10-20(27)25-22-17(11-24)16-8-9-26(12-19(16)33-22)23(30)32-13-21(28)29/h4-7,14H,3,8-10,12-13H2,1-2H3,(H,25,27)(H,28,29)/t14-/m0/s1. The van der Waals surface area contributed by atoms with Crippen LogP contribution in [0.4, 0.5) is 9.80 Å². The molecule has 0 saturated heterocycles. The third kappa shape index (κ3) is 5.81. The molecule has 0 unspecified atom stereocenters. The predicted octanol–water partition coefficient (Wildman–Crippen LogP) is 3.73. The topological polar surface area (TPSA) is 129 Å². The summed E-state index contributed by atoms with van der Waals surface area (Å²) in [6.07, 6.45) is -0.0851. The van der Waals surface area contributed by atoms with Crippen LogP contribution in [0, 0.1) is 11.3 Å². The van der Waals surface area contributed by atoms with Crippen LogP contribution in [0.3, 0.4) is 0 Å². The molecule has 3 rings (SSSR count). The van der Waals surface area contributed by atoms with Crippen LogP contribution in [0.2, 0.25) is 0 Å². The number of rotatable bonds is 8. The summed E-state index contributed by atoms with van der Waals surface area (Å²) >= 11 is 1.25. The molecule has 1 aromatic heterocycles. The number of fused-ring (bicyclic) bond motifs is 1. The number of benzene rings is 1. The maximum absolute atomic E-state index is 12.8. The zero-order valence-corrected chi connectivity index (χ0v) is 19.2. The highest BCUT2D eigenvalue weighted by Crippen LogP contribution is 2.37. The minimum absolute atomic E-state index is 0.0904. The Hall–Kier alpha value is -3.58. The van der Waals surface area contributed by atoms with Crippen LogP contribution in [0.5, 0.6) is 5.75 Å². The van der Waals surface area contributed by atoms with Gasteiger partial charge in [0.25, 0.3) is 0 Å². The second-order valence-corrected chi connectivity index (χ2v) is 8.67. The Kier molecular flexibility index (Phi) is 7.90. The number of hydrogen-bond acceptors (Lipinski definition) is 7. The first-order chi connectivity index (χ1) is 15.8. The van der Waals surface area contributed by atoms with Crippen molar-refractivity contribution in [3.63, 3.8) is 0 Å². The maximum Gasteiger partial charge on any atom is 0.410 e. The van der Waals surface area contributed by atoms with Crippen LogP contribution < -0.4 is 10.1 Å². The monoisotopic (exact) mass is 471 g/mol. The molecule has 1 aliphatic heterocycles. The van der Waals surface area contributed by atoms with E-state index in [2.05, 4.69) is 11.4 Å². The van der Waals surface area contributed by atoms with Crippen molar-refractivity contribution in [2.45, 2.75) is 39.2 Å². The number of nitrogens with one attached hydrogen (secondary N) is 1. The van der Waals surface area contributed by atoms with Gasteiger partial charge in [-0.3, -0.25) is 4.79 Å². The number of carboxylic acids is 1. The average molecular weight is 472 g/mol. The molecule has 33 heavy (non-hydrogen) atoms. The summed E-state index contributed by atoms with van der Waals surface area (Å²) < 4.78 is 10.4. The molecule has 0 fully saturated rings. The number of para-hydroxylation sites is 1. The summed E-state index contributed by atoms with van der Waals surface area (Å²) in [5.74, 6) is -0.791. The van der Waals surface area contributed by atoms with Gasteiger partial charge >= 0.3 is 12.1 Å². The van der Waals surface area contributed by atoms with Gasteiger partial charge in [0.05, 0.1) is 18.7 Å². The van der Waals surface area contributed by atoms with Crippen molar-refractivity contribution >= 4 is 34.3 Å². The van der Waals surface area contributed by atoms with Crippen LogP contribution in [0.25, 0.3) is 0 Å². The van der Waals surface area contributed by atoms with Gasteiger partial charge in [0.2, 0.25) is 5.91 Å². The fraction of sp³-hybridized carbons (Fsp3) is 0.391. The normalized spacial score (nSPS) is 13.4. The van der Waals surface area contributed by atoms with Gasteiger partial charge in [-0.25, -0.2) is 9.59 Å². The van der Waals surface area contributed by atoms with Crippen molar-refractivity contribution in [1.82, 2.24) is 4.90 Å². The smallest absolute Gasteiger partial charge is 0.410 e. The van der Waals surface area contributed by atoms with E-state index in [0.29, 0.717) is 30.1 Å². The molecule has 2 heterocycles. The highest BCUT2D eigenvalue weighted by Gasteiger charge is 2.29. The molecule has 10 heteroatoms. The lowest BCUT2D eigenvalue weighted by molar-refractivity contribution is -0.140. The highest BCUT2D eigenvalue weighted by atomic mass is 32.1. The molecule has 2 aromatic rings. The highest BCUT2D eigenvalue weighted by molar-refractivity contribution is 7.16. The van der Waals surface area contributed by atoms with Crippen molar-refractivity contribution in [3.8, 4) is 11.8 Å². The number of carboxylic acid groups (broad SMARTS) is 1. The lowest BCUT2D eigenvalue weighted by Gasteiger charge is -2.25. The van der Waals surface area contributed by atoms with Gasteiger partial charge in [0.15, 0.2) is 6.61 Å². The first kappa shape index (κ1) is 24.1. The second-order valence-electron chi connectivity index (χ2n) is 7.56. The molecular weight excluding hydrogens is 446 g/mol. The van der Waals surface area contributed by atoms with E-state index < -0.39 is 18.7 Å². The Bertz CT molecular complexity index is 1090. The van der Waals surface area contributed by atoms with Gasteiger partial charge in [0, 0.05) is 17.8 Å². The Labute approximate surface area is 195 Å². The summed E-state index contributed by atoms with van der Waals surface area (Å²) in [7, 11) is 0. The van der Waals surface area contributed by atoms with Crippen LogP contribution >= 0.6 is 11.3 Å². The molecule has 0 spiro atoms. The molecule has 0 aliphatic carbocycles. The molecule has 0 saturated carbocycles. The third-order valence-corrected chi connectivity index (χ3v) is 6.37. The summed E-state index contributed by atoms with van der Waals surface area (Å²) in [6.45, 7) is 4.17. The number of ether oxygens (including phenoxy) is 2. The van der Waals surface area contributed by atoms with Gasteiger partial charge < -0.3 is 24.8 Å². The van der Waals surface area contributed by atoms with Gasteiger partial charge in [-0.2, -0.15) is 5.26 Å². The van der Waals surface area contributed by atoms with E-state index >= 15 is 0 Å². The molecule has 2 amide bonds. The van der Waals surface area contributed by atoms with Crippen LogP contribution in [-0.2, 0) is 27.3 Å². The fourth-order valence-electron chi connectivity index (χ4n) is 3.72. The summed E-state index contributed by atoms with van der Waals surface area (Å²) in [4.78, 5) is 37.6. The van der Waals surface area contributed by atoms with E-state index in [4.69, 9.17) is 14.6 Å². The van der Waals surface area contributed by atoms with E-state index in [9.17, 15) is 19.6 Å². The van der Waals surface area contributed by atoms with E-state index in [1.807, 2.05) is 38.1 Å². The molecule has 1 aliphatic rings. The number of hydrogen-bond donors (Lipinski definition) is 2. The maximum atomic E-state index is 12.8. The Morgan fingerprint density at radius 2 is 2.09 bits per heavy atom. The predicted molar refractivity (Wildman–Crippen MR) is 121 cm³/mol. The number of amides is 2. The average Bonchev–Trinajstić information content (AvgIpc) is 3.13. The molecule has 1 atom stereocenters. The molecule has 0 radical (unpaired) electrons. The van der Waals surface area contributed by atoms with E-state index in [1.54, 1.807) is 0 Å². The molecule has 2 N–H and O–H groups in total. The summed E-state index contributed by atoms with van der Waals surface area (Å²) in [6, 6.07) is 9.77. The number of thiophene rings is 1. The first-order valence-electron chi connectivity index (χ1n) is 10.5. The zero-order chi connectivity index (χ0) is 24.0. The minimum Gasteiger partial charge on any atom is -0.494 e. The first-order valence-corrected chi connectivity index (χ1v) is 11.3. The van der Waals surface area contributed by atoms with Crippen LogP contribution in [0.1, 0.15) is 47.8 Å². The lowest BCUT2D eigenvalue weighted by Crippen LogP contribution is -2.36. The SMILES string of the molecule is CCOc1ccccc1[C@@H](C)CC(=O)Nc1sc2c(c1C#N)CCN(C(=O)OCC(=O)O)C2. The fourth-order valence-corrected chi connectivity index (χ4v) is 4.95. The molecule has 1 aromatic carbocycles. The van der Waals surface area contributed by atoms with Crippen molar-refractivity contribution < 1.29 is 29.0 Å². The summed E-state index contributed by atoms with van der Waals surface area (Å²) in [5.41, 5.74) is 2.15. The van der Waals surface area contributed by atoms with Crippen molar-refractivity contribution in [2.24, 2.45) is 0 Å². The quantitative estimate of drug-likeness (QED) is 0.600. The van der Waals surface area contributed by atoms with Gasteiger partial charge in [-0.15, -0.1) is 11.3 Å². The number of nitriles is 1. The number of aliphatic carboxylic acids is 1. The molecule has 174 valence electrons. The number of anilines is 1. The lowest BCUT2D eigenvalue weighted by atomic mass is 9.96. The molecular formula is C23H25N3O6S. The molecule has 0 bridgehead atoms. The zero-order valence-electron chi connectivity index (χ0n) is 18.4. The second kappa shape index (κ2) is 10.8. The Morgan fingerprint density at radius 1 is 1.33 bits per heavy atom. The van der Waals surface area contributed by atoms with Crippen LogP contribution in [-0.4, -0.2) is 47.7 Å². The number of nitrogens with zero attached hydrogens (tertiary/aromatic N) is 2. The summed E-state index contributed by atoms with van der Waals surface area (Å²) in [5, 5.41) is 21.7. The van der Waals surface area contributed by atoms with E-state index in [-0.39, 0.29) is 24.8 Å². The third-order valence-electron chi connectivity index (χ3n) is 5.24. The van der Waals surface area contributed by atoms with Gasteiger partial charge in [-0.1, -0.05) is 25.1 Å². The van der Waals surface area contributed by atoms with E-state index in [1.165, 1.54) is 16.2 Å². The van der Waals surface area contributed by atoms with Crippen molar-refractivity contribution in [2.75, 3.05) is 25.1 Å². The van der Waals surface area contributed by atoms with Gasteiger partial charge in [-0.05, 0) is 36.5 Å². The van der Waals surface area contributed by atoms with Gasteiger partial charge in [0.1, 0.15) is 16.8 Å². The Morgan fingerprint density at radius 3 is 2.79 bits per heavy atom.